The summed E-state index contributed by atoms with van der Waals surface area (Å²) in [4.78, 5) is 32.6. The minimum absolute atomic E-state index is 0.168. The van der Waals surface area contributed by atoms with Crippen molar-refractivity contribution in [3.63, 3.8) is 0 Å². The third-order valence-electron chi connectivity index (χ3n) is 7.21. The molecule has 2 amide bonds. The Hall–Kier alpha value is -3.85. The van der Waals surface area contributed by atoms with Crippen molar-refractivity contribution in [3.8, 4) is 0 Å². The Labute approximate surface area is 238 Å². The van der Waals surface area contributed by atoms with Crippen LogP contribution in [0.3, 0.4) is 0 Å². The fraction of sp³-hybridized carbons (Fsp3) is 0.281. The van der Waals surface area contributed by atoms with Crippen molar-refractivity contribution in [1.82, 2.24) is 20.5 Å². The number of aliphatic hydroxyl groups excluding tert-OH is 1. The molecule has 206 valence electrons. The van der Waals surface area contributed by atoms with Crippen molar-refractivity contribution < 1.29 is 14.7 Å². The summed E-state index contributed by atoms with van der Waals surface area (Å²) in [5.41, 5.74) is 5.16. The monoisotopic (exact) mass is 554 g/mol. The highest BCUT2D eigenvalue weighted by atomic mass is 32.1. The van der Waals surface area contributed by atoms with Gasteiger partial charge in [0, 0.05) is 48.3 Å². The van der Waals surface area contributed by atoms with Crippen LogP contribution in [0.25, 0.3) is 0 Å². The first kappa shape index (κ1) is 27.7. The van der Waals surface area contributed by atoms with E-state index < -0.39 is 6.10 Å². The number of carbonyl (C=O) groups excluding carboxylic acids is 2. The third-order valence-corrected chi connectivity index (χ3v) is 8.16. The quantitative estimate of drug-likeness (QED) is 0.272. The van der Waals surface area contributed by atoms with Crippen LogP contribution in [0.5, 0.6) is 0 Å². The molecule has 3 atom stereocenters. The normalized spacial score (nSPS) is 16.8. The summed E-state index contributed by atoms with van der Waals surface area (Å²) in [6, 6.07) is 24.5. The third kappa shape index (κ3) is 6.65. The molecule has 4 aromatic rings. The number of nitrogens with one attached hydrogen (secondary N) is 2. The van der Waals surface area contributed by atoms with Crippen LogP contribution in [0.2, 0.25) is 0 Å². The van der Waals surface area contributed by atoms with Crippen LogP contribution in [0, 0.1) is 6.92 Å². The van der Waals surface area contributed by atoms with Gasteiger partial charge >= 0.3 is 0 Å². The zero-order chi connectivity index (χ0) is 28.1. The number of rotatable bonds is 10. The van der Waals surface area contributed by atoms with E-state index >= 15 is 0 Å². The second kappa shape index (κ2) is 12.6. The summed E-state index contributed by atoms with van der Waals surface area (Å²) in [5, 5.41) is 20.2. The Morgan fingerprint density at radius 2 is 1.80 bits per heavy atom. The number of hydrogen-bond donors (Lipinski definition) is 3. The van der Waals surface area contributed by atoms with Crippen molar-refractivity contribution in [2.45, 2.75) is 44.5 Å². The Morgan fingerprint density at radius 1 is 1.05 bits per heavy atom. The number of aryl methyl sites for hydroxylation is 1. The van der Waals surface area contributed by atoms with Gasteiger partial charge in [0.1, 0.15) is 5.01 Å². The zero-order valence-corrected chi connectivity index (χ0v) is 23.5. The maximum absolute atomic E-state index is 13.4. The first-order valence-electron chi connectivity index (χ1n) is 13.5. The van der Waals surface area contributed by atoms with Gasteiger partial charge < -0.3 is 20.6 Å². The Bertz CT molecular complexity index is 1470. The van der Waals surface area contributed by atoms with Crippen LogP contribution in [-0.4, -0.2) is 52.5 Å². The summed E-state index contributed by atoms with van der Waals surface area (Å²) in [6.07, 6.45) is 0.720. The number of aromatic nitrogens is 1. The van der Waals surface area contributed by atoms with E-state index in [-0.39, 0.29) is 23.9 Å². The van der Waals surface area contributed by atoms with E-state index in [1.165, 1.54) is 11.3 Å². The molecule has 1 heterocycles. The second-order valence-electron chi connectivity index (χ2n) is 10.3. The molecular formula is C32H34N4O3S. The molecule has 0 saturated carbocycles. The molecular weight excluding hydrogens is 520 g/mol. The Balaban J connectivity index is 1.28. The smallest absolute Gasteiger partial charge is 0.253 e. The lowest BCUT2D eigenvalue weighted by Gasteiger charge is -2.24. The molecule has 0 saturated heterocycles. The van der Waals surface area contributed by atoms with E-state index in [1.54, 1.807) is 36.2 Å². The number of fused-ring (bicyclic) bond motifs is 1. The fourth-order valence-electron chi connectivity index (χ4n) is 5.19. The van der Waals surface area contributed by atoms with Gasteiger partial charge in [-0.15, -0.1) is 11.3 Å². The molecule has 0 fully saturated rings. The van der Waals surface area contributed by atoms with E-state index in [0.717, 1.165) is 27.4 Å². The number of hydrogen-bond acceptors (Lipinski definition) is 6. The molecule has 1 aliphatic rings. The minimum Gasteiger partial charge on any atom is -0.391 e. The predicted molar refractivity (Wildman–Crippen MR) is 157 cm³/mol. The van der Waals surface area contributed by atoms with Gasteiger partial charge in [-0.05, 0) is 48.2 Å². The highest BCUT2D eigenvalue weighted by Gasteiger charge is 2.31. The lowest BCUT2D eigenvalue weighted by atomic mass is 10.0. The SMILES string of the molecule is Cc1csc(CN(C)C(=O)c2cccc(C(=O)N[C@H](CN[C@@H]3c4ccccc4C[C@@H]3O)Cc3ccccc3)c2)n1. The average Bonchev–Trinajstić information content (AvgIpc) is 3.52. The highest BCUT2D eigenvalue weighted by molar-refractivity contribution is 7.09. The molecule has 1 aromatic heterocycles. The van der Waals surface area contributed by atoms with Gasteiger partial charge in [-0.25, -0.2) is 4.98 Å². The van der Waals surface area contributed by atoms with Crippen LogP contribution in [-0.2, 0) is 19.4 Å². The molecule has 8 heteroatoms. The minimum atomic E-state index is -0.515. The molecule has 5 rings (SSSR count). The van der Waals surface area contributed by atoms with Gasteiger partial charge in [0.05, 0.1) is 18.7 Å². The summed E-state index contributed by atoms with van der Waals surface area (Å²) in [7, 11) is 1.74. The largest absolute Gasteiger partial charge is 0.391 e. The maximum Gasteiger partial charge on any atom is 0.253 e. The number of thiazole rings is 1. The number of carbonyl (C=O) groups is 2. The van der Waals surface area contributed by atoms with Crippen molar-refractivity contribution in [2.24, 2.45) is 0 Å². The summed E-state index contributed by atoms with van der Waals surface area (Å²) < 4.78 is 0. The van der Waals surface area contributed by atoms with Crippen LogP contribution in [0.1, 0.15) is 54.1 Å². The lowest BCUT2D eigenvalue weighted by Crippen LogP contribution is -2.45. The first-order chi connectivity index (χ1) is 19.4. The van der Waals surface area contributed by atoms with Gasteiger partial charge in [-0.1, -0.05) is 60.7 Å². The molecule has 40 heavy (non-hydrogen) atoms. The molecule has 0 radical (unpaired) electrons. The number of amides is 2. The van der Waals surface area contributed by atoms with Crippen molar-refractivity contribution in [2.75, 3.05) is 13.6 Å². The van der Waals surface area contributed by atoms with Crippen molar-refractivity contribution in [3.05, 3.63) is 123 Å². The second-order valence-corrected chi connectivity index (χ2v) is 11.3. The molecule has 0 spiro atoms. The molecule has 3 N–H and O–H groups in total. The van der Waals surface area contributed by atoms with Gasteiger partial charge in [-0.3, -0.25) is 9.59 Å². The molecule has 7 nitrogen and oxygen atoms in total. The van der Waals surface area contributed by atoms with Crippen LogP contribution in [0.4, 0.5) is 0 Å². The van der Waals surface area contributed by atoms with Crippen LogP contribution in [0.15, 0.2) is 84.2 Å². The van der Waals surface area contributed by atoms with Gasteiger partial charge in [0.2, 0.25) is 0 Å². The standard InChI is InChI=1S/C32H34N4O3S/c1-21-20-40-29(34-21)19-36(2)32(39)25-13-8-12-24(16-25)31(38)35-26(15-22-9-4-3-5-10-22)18-33-30-27-14-7-6-11-23(27)17-28(30)37/h3-14,16,20,26,28,30,33,37H,15,17-19H2,1-2H3,(H,35,38)/t26-,28-,30+/m0/s1. The maximum atomic E-state index is 13.4. The van der Waals surface area contributed by atoms with Crippen LogP contribution < -0.4 is 10.6 Å². The zero-order valence-electron chi connectivity index (χ0n) is 22.7. The van der Waals surface area contributed by atoms with Crippen LogP contribution >= 0.6 is 11.3 Å². The predicted octanol–water partition coefficient (Wildman–Crippen LogP) is 4.31. The topological polar surface area (TPSA) is 94.6 Å². The Morgan fingerprint density at radius 3 is 2.58 bits per heavy atom. The van der Waals surface area contributed by atoms with Gasteiger partial charge in [-0.2, -0.15) is 0 Å². The summed E-state index contributed by atoms with van der Waals surface area (Å²) in [5.74, 6) is -0.415. The number of nitrogens with zero attached hydrogens (tertiary/aromatic N) is 2. The van der Waals surface area contributed by atoms with Gasteiger partial charge in [0.25, 0.3) is 11.8 Å². The Kier molecular flexibility index (Phi) is 8.69. The van der Waals surface area contributed by atoms with E-state index in [0.29, 0.717) is 37.1 Å². The van der Waals surface area contributed by atoms with Crippen molar-refractivity contribution in [1.29, 1.82) is 0 Å². The van der Waals surface area contributed by atoms with E-state index in [4.69, 9.17) is 0 Å². The molecule has 0 aliphatic heterocycles. The summed E-state index contributed by atoms with van der Waals surface area (Å²) in [6.45, 7) is 2.82. The number of benzene rings is 3. The average molecular weight is 555 g/mol. The van der Waals surface area contributed by atoms with E-state index in [9.17, 15) is 14.7 Å². The van der Waals surface area contributed by atoms with Gasteiger partial charge in [0.15, 0.2) is 0 Å². The molecule has 1 aliphatic carbocycles. The van der Waals surface area contributed by atoms with Crippen molar-refractivity contribution >= 4 is 23.2 Å². The molecule has 3 aromatic carbocycles. The molecule has 0 unspecified atom stereocenters. The fourth-order valence-corrected chi connectivity index (χ4v) is 6.02. The highest BCUT2D eigenvalue weighted by Crippen LogP contribution is 2.31. The number of aliphatic hydroxyl groups is 1. The molecule has 0 bridgehead atoms. The van der Waals surface area contributed by atoms with E-state index in [1.807, 2.05) is 66.9 Å². The summed E-state index contributed by atoms with van der Waals surface area (Å²) >= 11 is 1.53. The first-order valence-corrected chi connectivity index (χ1v) is 14.4. The van der Waals surface area contributed by atoms with E-state index in [2.05, 4.69) is 15.6 Å². The lowest BCUT2D eigenvalue weighted by molar-refractivity contribution is 0.0785.